The summed E-state index contributed by atoms with van der Waals surface area (Å²) < 4.78 is 38.7. The van der Waals surface area contributed by atoms with Crippen molar-refractivity contribution in [3.63, 3.8) is 0 Å². The van der Waals surface area contributed by atoms with Crippen LogP contribution >= 0.6 is 0 Å². The fourth-order valence-corrected chi connectivity index (χ4v) is 1.52. The lowest BCUT2D eigenvalue weighted by Gasteiger charge is -2.23. The summed E-state index contributed by atoms with van der Waals surface area (Å²) in [5.41, 5.74) is 5.79. The van der Waals surface area contributed by atoms with Gasteiger partial charge in [0.2, 0.25) is 5.91 Å². The maximum atomic E-state index is 12.9. The molecule has 0 heterocycles. The number of carbonyl (C=O) groups excluding carboxylic acids is 1. The first kappa shape index (κ1) is 15.5. The summed E-state index contributed by atoms with van der Waals surface area (Å²) in [6.07, 6.45) is -4.77. The summed E-state index contributed by atoms with van der Waals surface area (Å²) in [6, 6.07) is 6.34. The van der Waals surface area contributed by atoms with Crippen molar-refractivity contribution in [3.8, 4) is 0 Å². The molecule has 2 atom stereocenters. The van der Waals surface area contributed by atoms with Gasteiger partial charge in [-0.3, -0.25) is 4.79 Å². The zero-order valence-electron chi connectivity index (χ0n) is 10.6. The molecule has 1 aromatic rings. The lowest BCUT2D eigenvalue weighted by Crippen LogP contribution is -2.49. The molecule has 0 aliphatic rings. The number of carbonyl (C=O) groups is 1. The highest BCUT2D eigenvalue weighted by molar-refractivity contribution is 5.78. The van der Waals surface area contributed by atoms with Crippen molar-refractivity contribution in [1.29, 1.82) is 0 Å². The van der Waals surface area contributed by atoms with E-state index in [9.17, 15) is 18.0 Å². The molecule has 0 aliphatic carbocycles. The second-order valence-corrected chi connectivity index (χ2v) is 4.43. The van der Waals surface area contributed by atoms with Crippen molar-refractivity contribution in [2.45, 2.75) is 25.6 Å². The van der Waals surface area contributed by atoms with Gasteiger partial charge in [-0.2, -0.15) is 13.2 Å². The lowest BCUT2D eigenvalue weighted by atomic mass is 10.0. The molecular weight excluding hydrogens is 257 g/mol. The number of alkyl halides is 3. The van der Waals surface area contributed by atoms with Gasteiger partial charge in [0.25, 0.3) is 0 Å². The first-order valence-corrected chi connectivity index (χ1v) is 5.95. The van der Waals surface area contributed by atoms with E-state index < -0.39 is 24.0 Å². The summed E-state index contributed by atoms with van der Waals surface area (Å²) >= 11 is 0. The maximum absolute atomic E-state index is 12.9. The van der Waals surface area contributed by atoms with Crippen LogP contribution in [0.25, 0.3) is 0 Å². The van der Waals surface area contributed by atoms with Gasteiger partial charge in [0.15, 0.2) is 0 Å². The van der Waals surface area contributed by atoms with Crippen LogP contribution in [0.15, 0.2) is 30.3 Å². The molecule has 6 heteroatoms. The molecule has 0 aromatic heterocycles. The molecule has 0 spiro atoms. The first-order valence-electron chi connectivity index (χ1n) is 5.95. The number of benzene rings is 1. The molecule has 0 radical (unpaired) electrons. The largest absolute Gasteiger partial charge is 0.408 e. The van der Waals surface area contributed by atoms with Gasteiger partial charge in [0, 0.05) is 18.9 Å². The second kappa shape index (κ2) is 6.56. The third-order valence-electron chi connectivity index (χ3n) is 2.80. The van der Waals surface area contributed by atoms with Crippen LogP contribution in [0.2, 0.25) is 0 Å². The number of halogens is 3. The predicted molar refractivity (Wildman–Crippen MR) is 66.4 cm³/mol. The van der Waals surface area contributed by atoms with E-state index in [1.165, 1.54) is 6.92 Å². The average molecular weight is 274 g/mol. The molecule has 0 bridgehead atoms. The van der Waals surface area contributed by atoms with Crippen molar-refractivity contribution in [1.82, 2.24) is 5.32 Å². The van der Waals surface area contributed by atoms with Crippen LogP contribution in [0.3, 0.4) is 0 Å². The van der Waals surface area contributed by atoms with E-state index >= 15 is 0 Å². The molecule has 2 unspecified atom stereocenters. The van der Waals surface area contributed by atoms with Crippen molar-refractivity contribution in [2.75, 3.05) is 6.54 Å². The van der Waals surface area contributed by atoms with Crippen LogP contribution in [0.4, 0.5) is 13.2 Å². The van der Waals surface area contributed by atoms with E-state index in [1.807, 2.05) is 5.32 Å². The lowest BCUT2D eigenvalue weighted by molar-refractivity contribution is -0.162. The minimum Gasteiger partial charge on any atom is -0.344 e. The fraction of sp³-hybridized carbons (Fsp3) is 0.462. The summed E-state index contributed by atoms with van der Waals surface area (Å²) in [5, 5.41) is 2.01. The molecule has 0 saturated carbocycles. The smallest absolute Gasteiger partial charge is 0.344 e. The maximum Gasteiger partial charge on any atom is 0.408 e. The summed E-state index contributed by atoms with van der Waals surface area (Å²) in [4.78, 5) is 11.5. The van der Waals surface area contributed by atoms with Gasteiger partial charge in [-0.25, -0.2) is 0 Å². The summed E-state index contributed by atoms with van der Waals surface area (Å²) in [6.45, 7) is 1.51. The van der Waals surface area contributed by atoms with Crippen LogP contribution in [0, 0.1) is 5.92 Å². The Labute approximate surface area is 110 Å². The van der Waals surface area contributed by atoms with E-state index in [4.69, 9.17) is 5.73 Å². The summed E-state index contributed by atoms with van der Waals surface area (Å²) in [5.74, 6) is -1.32. The number of hydrogen-bond donors (Lipinski definition) is 2. The van der Waals surface area contributed by atoms with Gasteiger partial charge < -0.3 is 11.1 Å². The highest BCUT2D eigenvalue weighted by atomic mass is 19.4. The standard InChI is InChI=1S/C13H17F3N2O/c1-9(8-17)12(19)18-11(13(14,15)16)7-10-5-3-2-4-6-10/h2-6,9,11H,7-8,17H2,1H3,(H,18,19). The third-order valence-corrected chi connectivity index (χ3v) is 2.80. The fourth-order valence-electron chi connectivity index (χ4n) is 1.52. The molecule has 0 saturated heterocycles. The Kier molecular flexibility index (Phi) is 5.35. The van der Waals surface area contributed by atoms with Crippen molar-refractivity contribution in [3.05, 3.63) is 35.9 Å². The first-order chi connectivity index (χ1) is 8.84. The second-order valence-electron chi connectivity index (χ2n) is 4.43. The van der Waals surface area contributed by atoms with Crippen LogP contribution in [0.5, 0.6) is 0 Å². The Morgan fingerprint density at radius 1 is 1.32 bits per heavy atom. The number of rotatable bonds is 5. The minimum atomic E-state index is -4.49. The Bertz CT molecular complexity index is 406. The zero-order chi connectivity index (χ0) is 14.5. The highest BCUT2D eigenvalue weighted by Crippen LogP contribution is 2.23. The number of nitrogens with two attached hydrogens (primary N) is 1. The topological polar surface area (TPSA) is 55.1 Å². The van der Waals surface area contributed by atoms with Gasteiger partial charge in [-0.1, -0.05) is 37.3 Å². The van der Waals surface area contributed by atoms with Gasteiger partial charge in [-0.15, -0.1) is 0 Å². The molecular formula is C13H17F3N2O. The molecule has 3 nitrogen and oxygen atoms in total. The molecule has 106 valence electrons. The van der Waals surface area contributed by atoms with Crippen LogP contribution in [-0.2, 0) is 11.2 Å². The van der Waals surface area contributed by atoms with Crippen LogP contribution < -0.4 is 11.1 Å². The monoisotopic (exact) mass is 274 g/mol. The van der Waals surface area contributed by atoms with Gasteiger partial charge in [-0.05, 0) is 5.56 Å². The molecule has 1 rings (SSSR count). The van der Waals surface area contributed by atoms with Crippen LogP contribution in [-0.4, -0.2) is 24.7 Å². The van der Waals surface area contributed by atoms with Crippen molar-refractivity contribution in [2.24, 2.45) is 11.7 Å². The normalized spacial score (nSPS) is 14.8. The van der Waals surface area contributed by atoms with E-state index in [0.29, 0.717) is 5.56 Å². The van der Waals surface area contributed by atoms with Gasteiger partial charge >= 0.3 is 6.18 Å². The predicted octanol–water partition coefficient (Wildman–Crippen LogP) is 1.87. The number of amides is 1. The Balaban J connectivity index is 2.77. The highest BCUT2D eigenvalue weighted by Gasteiger charge is 2.40. The Morgan fingerprint density at radius 3 is 2.37 bits per heavy atom. The van der Waals surface area contributed by atoms with E-state index in [0.717, 1.165) is 0 Å². The quantitative estimate of drug-likeness (QED) is 0.861. The third kappa shape index (κ3) is 4.90. The number of hydrogen-bond acceptors (Lipinski definition) is 2. The van der Waals surface area contributed by atoms with Gasteiger partial charge in [0.05, 0.1) is 0 Å². The Morgan fingerprint density at radius 2 is 1.89 bits per heavy atom. The summed E-state index contributed by atoms with van der Waals surface area (Å²) in [7, 11) is 0. The Hall–Kier alpha value is -1.56. The van der Waals surface area contributed by atoms with Crippen LogP contribution in [0.1, 0.15) is 12.5 Å². The minimum absolute atomic E-state index is 0.0156. The molecule has 1 aromatic carbocycles. The van der Waals surface area contributed by atoms with Crippen molar-refractivity contribution >= 4 is 5.91 Å². The van der Waals surface area contributed by atoms with E-state index in [1.54, 1.807) is 30.3 Å². The molecule has 19 heavy (non-hydrogen) atoms. The molecule has 0 aliphatic heterocycles. The SMILES string of the molecule is CC(CN)C(=O)NC(Cc1ccccc1)C(F)(F)F. The molecule has 3 N–H and O–H groups in total. The van der Waals surface area contributed by atoms with Gasteiger partial charge in [0.1, 0.15) is 6.04 Å². The zero-order valence-corrected chi connectivity index (χ0v) is 10.6. The average Bonchev–Trinajstić information content (AvgIpc) is 2.37. The molecule has 1 amide bonds. The number of nitrogens with one attached hydrogen (secondary N) is 1. The van der Waals surface area contributed by atoms with E-state index in [-0.39, 0.29) is 13.0 Å². The van der Waals surface area contributed by atoms with E-state index in [2.05, 4.69) is 0 Å². The molecule has 0 fully saturated rings. The van der Waals surface area contributed by atoms with Crippen molar-refractivity contribution < 1.29 is 18.0 Å².